The van der Waals surface area contributed by atoms with Crippen molar-refractivity contribution in [1.82, 2.24) is 5.32 Å². The molecule has 0 aliphatic carbocycles. The Labute approximate surface area is 94.4 Å². The Bertz CT molecular complexity index is 328. The van der Waals surface area contributed by atoms with Gasteiger partial charge < -0.3 is 11.1 Å². The van der Waals surface area contributed by atoms with E-state index in [-0.39, 0.29) is 5.91 Å². The van der Waals surface area contributed by atoms with Crippen molar-refractivity contribution in [2.24, 2.45) is 0 Å². The van der Waals surface area contributed by atoms with Crippen molar-refractivity contribution in [1.29, 1.82) is 0 Å². The lowest BCUT2D eigenvalue weighted by molar-refractivity contribution is -0.120. The summed E-state index contributed by atoms with van der Waals surface area (Å²) in [5, 5.41) is 2.60. The van der Waals surface area contributed by atoms with Crippen LogP contribution in [0.3, 0.4) is 0 Å². The van der Waals surface area contributed by atoms with Crippen LogP contribution in [0.2, 0.25) is 0 Å². The zero-order valence-corrected chi connectivity index (χ0v) is 9.64. The van der Waals surface area contributed by atoms with Gasteiger partial charge in [0.1, 0.15) is 0 Å². The Morgan fingerprint density at radius 2 is 2.33 bits per heavy atom. The molecule has 0 atom stereocenters. The molecule has 3 N–H and O–H groups in total. The van der Waals surface area contributed by atoms with Crippen LogP contribution in [0.5, 0.6) is 0 Å². The summed E-state index contributed by atoms with van der Waals surface area (Å²) in [6.07, 6.45) is 1.48. The highest BCUT2D eigenvalue weighted by Crippen LogP contribution is 2.21. The fourth-order valence-corrected chi connectivity index (χ4v) is 2.07. The van der Waals surface area contributed by atoms with E-state index in [0.29, 0.717) is 6.42 Å². The van der Waals surface area contributed by atoms with Crippen molar-refractivity contribution in [2.75, 3.05) is 18.5 Å². The van der Waals surface area contributed by atoms with Gasteiger partial charge in [-0.25, -0.2) is 0 Å². The normalized spacial score (nSPS) is 9.93. The van der Waals surface area contributed by atoms with Crippen LogP contribution in [0.25, 0.3) is 0 Å². The Hall–Kier alpha value is -1.16. The molecule has 1 rings (SSSR count). The number of nitrogens with one attached hydrogen (secondary N) is 1. The lowest BCUT2D eigenvalue weighted by Gasteiger charge is -2.02. The molecule has 0 bridgehead atoms. The highest BCUT2D eigenvalue weighted by molar-refractivity contribution is 7.99. The van der Waals surface area contributed by atoms with Gasteiger partial charge in [-0.05, 0) is 30.4 Å². The third-order valence-corrected chi connectivity index (χ3v) is 3.03. The predicted octanol–water partition coefficient (Wildman–Crippen LogP) is 1.89. The number of hydrogen-bond donors (Lipinski definition) is 2. The summed E-state index contributed by atoms with van der Waals surface area (Å²) in [5.74, 6) is 1.04. The number of benzene rings is 1. The summed E-state index contributed by atoms with van der Waals surface area (Å²) >= 11 is 1.73. The van der Waals surface area contributed by atoms with Gasteiger partial charge >= 0.3 is 0 Å². The largest absolute Gasteiger partial charge is 0.399 e. The third-order valence-electron chi connectivity index (χ3n) is 1.95. The molecule has 0 spiro atoms. The second kappa shape index (κ2) is 6.35. The van der Waals surface area contributed by atoms with Crippen molar-refractivity contribution in [3.8, 4) is 0 Å². The number of hydrogen-bond acceptors (Lipinski definition) is 3. The second-order valence-electron chi connectivity index (χ2n) is 3.20. The lowest BCUT2D eigenvalue weighted by atomic mass is 10.3. The van der Waals surface area contributed by atoms with Crippen LogP contribution in [-0.2, 0) is 4.79 Å². The number of rotatable bonds is 5. The molecule has 0 unspecified atom stereocenters. The van der Waals surface area contributed by atoms with Crippen LogP contribution in [0.15, 0.2) is 29.2 Å². The van der Waals surface area contributed by atoms with Crippen molar-refractivity contribution in [3.05, 3.63) is 24.3 Å². The van der Waals surface area contributed by atoms with Crippen LogP contribution in [-0.4, -0.2) is 18.7 Å². The maximum Gasteiger partial charge on any atom is 0.219 e. The number of nitrogen functional groups attached to an aromatic ring is 1. The Balaban J connectivity index is 2.23. The molecule has 0 saturated carbocycles. The van der Waals surface area contributed by atoms with Gasteiger partial charge in [0.15, 0.2) is 0 Å². The Morgan fingerprint density at radius 1 is 1.53 bits per heavy atom. The van der Waals surface area contributed by atoms with Crippen LogP contribution < -0.4 is 11.1 Å². The van der Waals surface area contributed by atoms with Gasteiger partial charge in [0, 0.05) is 24.1 Å². The van der Waals surface area contributed by atoms with E-state index in [0.717, 1.165) is 22.8 Å². The zero-order valence-electron chi connectivity index (χ0n) is 8.82. The first-order valence-electron chi connectivity index (χ1n) is 4.91. The predicted molar refractivity (Wildman–Crippen MR) is 64.9 cm³/mol. The topological polar surface area (TPSA) is 55.1 Å². The van der Waals surface area contributed by atoms with E-state index in [2.05, 4.69) is 5.32 Å². The van der Waals surface area contributed by atoms with Gasteiger partial charge in [-0.1, -0.05) is 6.07 Å². The van der Waals surface area contributed by atoms with E-state index in [4.69, 9.17) is 5.73 Å². The minimum atomic E-state index is 0.100. The summed E-state index contributed by atoms with van der Waals surface area (Å²) in [6.45, 7) is 0. The minimum Gasteiger partial charge on any atom is -0.399 e. The maximum absolute atomic E-state index is 10.9. The van der Waals surface area contributed by atoms with Crippen LogP contribution in [0.4, 0.5) is 5.69 Å². The molecule has 82 valence electrons. The fraction of sp³-hybridized carbons (Fsp3) is 0.364. The number of carbonyl (C=O) groups excluding carboxylic acids is 1. The first-order valence-corrected chi connectivity index (χ1v) is 5.90. The molecule has 3 nitrogen and oxygen atoms in total. The summed E-state index contributed by atoms with van der Waals surface area (Å²) in [5.41, 5.74) is 6.44. The van der Waals surface area contributed by atoms with Gasteiger partial charge in [-0.2, -0.15) is 0 Å². The second-order valence-corrected chi connectivity index (χ2v) is 4.37. The van der Waals surface area contributed by atoms with Crippen LogP contribution in [0.1, 0.15) is 12.8 Å². The van der Waals surface area contributed by atoms with Crippen molar-refractivity contribution >= 4 is 23.4 Å². The molecule has 0 aliphatic heterocycles. The molecule has 0 radical (unpaired) electrons. The minimum absolute atomic E-state index is 0.100. The number of anilines is 1. The maximum atomic E-state index is 10.9. The smallest absolute Gasteiger partial charge is 0.219 e. The van der Waals surface area contributed by atoms with Crippen molar-refractivity contribution < 1.29 is 4.79 Å². The molecule has 4 heteroatoms. The van der Waals surface area contributed by atoms with E-state index in [1.807, 2.05) is 24.3 Å². The van der Waals surface area contributed by atoms with E-state index < -0.39 is 0 Å². The van der Waals surface area contributed by atoms with E-state index in [1.165, 1.54) is 0 Å². The van der Waals surface area contributed by atoms with Gasteiger partial charge in [-0.3, -0.25) is 4.79 Å². The molecule has 0 aromatic heterocycles. The molecular formula is C11H16N2OS. The number of thioether (sulfide) groups is 1. The van der Waals surface area contributed by atoms with Gasteiger partial charge in [-0.15, -0.1) is 11.8 Å². The third kappa shape index (κ3) is 4.74. The molecule has 1 aromatic rings. The van der Waals surface area contributed by atoms with Crippen molar-refractivity contribution in [2.45, 2.75) is 17.7 Å². The van der Waals surface area contributed by atoms with Crippen LogP contribution in [0, 0.1) is 0 Å². The first-order chi connectivity index (χ1) is 7.22. The van der Waals surface area contributed by atoms with Crippen LogP contribution >= 0.6 is 11.8 Å². The Morgan fingerprint density at radius 3 is 3.00 bits per heavy atom. The average molecular weight is 224 g/mol. The average Bonchev–Trinajstić information content (AvgIpc) is 2.24. The molecule has 0 aliphatic rings. The zero-order chi connectivity index (χ0) is 11.1. The molecule has 1 aromatic carbocycles. The summed E-state index contributed by atoms with van der Waals surface area (Å²) in [6, 6.07) is 7.79. The summed E-state index contributed by atoms with van der Waals surface area (Å²) in [4.78, 5) is 12.1. The molecule has 0 fully saturated rings. The molecule has 0 saturated heterocycles. The number of carbonyl (C=O) groups is 1. The van der Waals surface area contributed by atoms with Gasteiger partial charge in [0.25, 0.3) is 0 Å². The van der Waals surface area contributed by atoms with E-state index >= 15 is 0 Å². The standard InChI is InChI=1S/C11H16N2OS/c1-13-11(14)6-3-7-15-10-5-2-4-9(12)8-10/h2,4-5,8H,3,6-7,12H2,1H3,(H,13,14). The molecule has 0 heterocycles. The van der Waals surface area contributed by atoms with Gasteiger partial charge in [0.05, 0.1) is 0 Å². The fourth-order valence-electron chi connectivity index (χ4n) is 1.15. The molecule has 1 amide bonds. The first kappa shape index (κ1) is 11.9. The van der Waals surface area contributed by atoms with E-state index in [9.17, 15) is 4.79 Å². The SMILES string of the molecule is CNC(=O)CCCSc1cccc(N)c1. The number of nitrogens with two attached hydrogens (primary N) is 1. The lowest BCUT2D eigenvalue weighted by Crippen LogP contribution is -2.17. The van der Waals surface area contributed by atoms with Gasteiger partial charge in [0.2, 0.25) is 5.91 Å². The van der Waals surface area contributed by atoms with E-state index in [1.54, 1.807) is 18.8 Å². The Kier molecular flexibility index (Phi) is 5.04. The summed E-state index contributed by atoms with van der Waals surface area (Å²) < 4.78 is 0. The molecule has 15 heavy (non-hydrogen) atoms. The molecular weight excluding hydrogens is 208 g/mol. The number of amides is 1. The highest BCUT2D eigenvalue weighted by Gasteiger charge is 1.98. The monoisotopic (exact) mass is 224 g/mol. The van der Waals surface area contributed by atoms with Crippen molar-refractivity contribution in [3.63, 3.8) is 0 Å². The highest BCUT2D eigenvalue weighted by atomic mass is 32.2. The summed E-state index contributed by atoms with van der Waals surface area (Å²) in [7, 11) is 1.66. The quantitative estimate of drug-likeness (QED) is 0.456.